The molecule has 4 aromatic rings. The molecule has 0 spiro atoms. The minimum atomic E-state index is -0.291. The third-order valence-electron chi connectivity index (χ3n) is 4.24. The molecule has 7 nitrogen and oxygen atoms in total. The Bertz CT molecular complexity index is 1100. The van der Waals surface area contributed by atoms with Gasteiger partial charge in [0.2, 0.25) is 0 Å². The molecule has 0 aliphatic heterocycles. The number of benzene rings is 2. The molecule has 134 valence electrons. The molecule has 1 amide bonds. The summed E-state index contributed by atoms with van der Waals surface area (Å²) in [6.07, 6.45) is 3.11. The Hall–Kier alpha value is -3.87. The van der Waals surface area contributed by atoms with Gasteiger partial charge < -0.3 is 15.8 Å². The molecular weight excluding hydrogens is 342 g/mol. The number of rotatable bonds is 4. The van der Waals surface area contributed by atoms with Gasteiger partial charge in [-0.25, -0.2) is 4.98 Å². The molecule has 0 atom stereocenters. The van der Waals surface area contributed by atoms with E-state index in [1.165, 1.54) is 10.7 Å². The zero-order valence-electron chi connectivity index (χ0n) is 14.6. The van der Waals surface area contributed by atoms with Crippen molar-refractivity contribution in [2.45, 2.75) is 0 Å². The molecule has 27 heavy (non-hydrogen) atoms. The quantitative estimate of drug-likeness (QED) is 0.583. The number of anilines is 2. The summed E-state index contributed by atoms with van der Waals surface area (Å²) in [6, 6.07) is 16.7. The lowest BCUT2D eigenvalue weighted by Gasteiger charge is -2.09. The maximum absolute atomic E-state index is 12.6. The van der Waals surface area contributed by atoms with Crippen LogP contribution in [-0.4, -0.2) is 27.6 Å². The molecule has 0 saturated heterocycles. The van der Waals surface area contributed by atoms with Crippen molar-refractivity contribution in [2.24, 2.45) is 0 Å². The summed E-state index contributed by atoms with van der Waals surface area (Å²) in [4.78, 5) is 17.0. The van der Waals surface area contributed by atoms with Crippen molar-refractivity contribution in [1.29, 1.82) is 0 Å². The smallest absolute Gasteiger partial charge is 0.261 e. The molecule has 7 heteroatoms. The first kappa shape index (κ1) is 16.6. The number of hydrogen-bond acceptors (Lipinski definition) is 5. The van der Waals surface area contributed by atoms with Crippen LogP contribution in [0.1, 0.15) is 10.4 Å². The second kappa shape index (κ2) is 6.80. The number of ether oxygens (including phenoxy) is 1. The van der Waals surface area contributed by atoms with Gasteiger partial charge in [0.05, 0.1) is 13.3 Å². The van der Waals surface area contributed by atoms with Gasteiger partial charge in [0.25, 0.3) is 5.91 Å². The molecule has 2 aromatic carbocycles. The summed E-state index contributed by atoms with van der Waals surface area (Å²) in [5.74, 6) is 0.870. The van der Waals surface area contributed by atoms with Crippen LogP contribution in [0.25, 0.3) is 16.8 Å². The second-order valence-corrected chi connectivity index (χ2v) is 5.90. The highest BCUT2D eigenvalue weighted by Gasteiger charge is 2.17. The van der Waals surface area contributed by atoms with Gasteiger partial charge in [0.1, 0.15) is 17.1 Å². The van der Waals surface area contributed by atoms with Gasteiger partial charge in [-0.1, -0.05) is 30.3 Å². The Morgan fingerprint density at radius 1 is 1.07 bits per heavy atom. The average Bonchev–Trinajstić information content (AvgIpc) is 3.14. The third-order valence-corrected chi connectivity index (χ3v) is 4.24. The zero-order chi connectivity index (χ0) is 18.8. The van der Waals surface area contributed by atoms with Crippen molar-refractivity contribution in [3.8, 4) is 16.9 Å². The Balaban J connectivity index is 1.70. The number of nitrogens with zero attached hydrogens (tertiary/aromatic N) is 3. The monoisotopic (exact) mass is 359 g/mol. The number of para-hydroxylation sites is 1. The number of aromatic nitrogens is 3. The second-order valence-electron chi connectivity index (χ2n) is 5.90. The first-order valence-electron chi connectivity index (χ1n) is 8.30. The fourth-order valence-electron chi connectivity index (χ4n) is 2.82. The molecule has 0 bridgehead atoms. The first-order valence-corrected chi connectivity index (χ1v) is 8.30. The summed E-state index contributed by atoms with van der Waals surface area (Å²) in [5, 5.41) is 7.07. The van der Waals surface area contributed by atoms with E-state index in [0.29, 0.717) is 22.7 Å². The van der Waals surface area contributed by atoms with Gasteiger partial charge >= 0.3 is 0 Å². The Labute approximate surface area is 155 Å². The maximum Gasteiger partial charge on any atom is 0.261 e. The van der Waals surface area contributed by atoms with Gasteiger partial charge in [-0.15, -0.1) is 0 Å². The van der Waals surface area contributed by atoms with Crippen LogP contribution in [0.15, 0.2) is 67.0 Å². The van der Waals surface area contributed by atoms with Gasteiger partial charge in [0.15, 0.2) is 5.65 Å². The molecule has 2 aromatic heterocycles. The molecule has 0 aliphatic carbocycles. The van der Waals surface area contributed by atoms with Crippen LogP contribution in [0.3, 0.4) is 0 Å². The molecule has 0 aliphatic rings. The summed E-state index contributed by atoms with van der Waals surface area (Å²) < 4.78 is 6.65. The van der Waals surface area contributed by atoms with Crippen LogP contribution in [0.5, 0.6) is 5.75 Å². The lowest BCUT2D eigenvalue weighted by Crippen LogP contribution is -2.12. The Morgan fingerprint density at radius 2 is 1.81 bits per heavy atom. The highest BCUT2D eigenvalue weighted by Crippen LogP contribution is 2.28. The summed E-state index contributed by atoms with van der Waals surface area (Å²) >= 11 is 0. The van der Waals surface area contributed by atoms with Crippen molar-refractivity contribution in [1.82, 2.24) is 14.6 Å². The van der Waals surface area contributed by atoms with E-state index in [1.54, 1.807) is 13.3 Å². The number of nitrogen functional groups attached to an aromatic ring is 1. The lowest BCUT2D eigenvalue weighted by atomic mass is 10.1. The molecule has 0 unspecified atom stereocenters. The van der Waals surface area contributed by atoms with Crippen LogP contribution in [0, 0.1) is 0 Å². The van der Waals surface area contributed by atoms with Gasteiger partial charge in [-0.05, 0) is 29.8 Å². The van der Waals surface area contributed by atoms with E-state index in [1.807, 2.05) is 54.6 Å². The van der Waals surface area contributed by atoms with Crippen molar-refractivity contribution < 1.29 is 9.53 Å². The predicted octanol–water partition coefficient (Wildman–Crippen LogP) is 3.24. The molecule has 3 N–H and O–H groups in total. The van der Waals surface area contributed by atoms with Gasteiger partial charge in [-0.3, -0.25) is 4.79 Å². The predicted molar refractivity (Wildman–Crippen MR) is 104 cm³/mol. The topological polar surface area (TPSA) is 94.5 Å². The normalized spacial score (nSPS) is 10.7. The lowest BCUT2D eigenvalue weighted by molar-refractivity contribution is 0.102. The number of fused-ring (bicyclic) bond motifs is 1. The molecule has 0 radical (unpaired) electrons. The van der Waals surface area contributed by atoms with E-state index in [-0.39, 0.29) is 5.91 Å². The van der Waals surface area contributed by atoms with Crippen LogP contribution >= 0.6 is 0 Å². The van der Waals surface area contributed by atoms with Crippen LogP contribution in [0.2, 0.25) is 0 Å². The largest absolute Gasteiger partial charge is 0.497 e. The van der Waals surface area contributed by atoms with Crippen LogP contribution < -0.4 is 15.8 Å². The van der Waals surface area contributed by atoms with Crippen molar-refractivity contribution in [2.75, 3.05) is 18.2 Å². The van der Waals surface area contributed by atoms with E-state index < -0.39 is 0 Å². The zero-order valence-corrected chi connectivity index (χ0v) is 14.6. The van der Waals surface area contributed by atoms with Crippen LogP contribution in [-0.2, 0) is 0 Å². The first-order chi connectivity index (χ1) is 13.2. The minimum Gasteiger partial charge on any atom is -0.497 e. The third kappa shape index (κ3) is 3.06. The van der Waals surface area contributed by atoms with Gasteiger partial charge in [0, 0.05) is 17.4 Å². The van der Waals surface area contributed by atoms with E-state index >= 15 is 0 Å². The number of carbonyl (C=O) groups excluding carboxylic acids is 1. The van der Waals surface area contributed by atoms with Crippen molar-refractivity contribution >= 4 is 23.1 Å². The molecule has 0 saturated carbocycles. The van der Waals surface area contributed by atoms with Crippen molar-refractivity contribution in [3.05, 3.63) is 72.6 Å². The van der Waals surface area contributed by atoms with E-state index in [2.05, 4.69) is 15.4 Å². The number of carbonyl (C=O) groups is 1. The molecule has 2 heterocycles. The molecule has 4 rings (SSSR count). The SMILES string of the molecule is COc1ccc(-c2cnc3c(C(=O)Nc4ccccc4)cnn3c2N)cc1. The fraction of sp³-hybridized carbons (Fsp3) is 0.0500. The van der Waals surface area contributed by atoms with E-state index in [9.17, 15) is 4.79 Å². The maximum atomic E-state index is 12.6. The standard InChI is InChI=1S/C20H17N5O2/c1-27-15-9-7-13(8-10-15)16-11-22-19-17(12-23-25(19)18(16)21)20(26)24-14-5-3-2-4-6-14/h2-12H,21H2,1H3,(H,24,26). The number of nitrogens with one attached hydrogen (secondary N) is 1. The average molecular weight is 359 g/mol. The molecule has 0 fully saturated rings. The number of amides is 1. The number of methoxy groups -OCH3 is 1. The Morgan fingerprint density at radius 3 is 2.52 bits per heavy atom. The molecular formula is C20H17N5O2. The minimum absolute atomic E-state index is 0.291. The van der Waals surface area contributed by atoms with Crippen molar-refractivity contribution in [3.63, 3.8) is 0 Å². The fourth-order valence-corrected chi connectivity index (χ4v) is 2.82. The van der Waals surface area contributed by atoms with E-state index in [4.69, 9.17) is 10.5 Å². The summed E-state index contributed by atoms with van der Waals surface area (Å²) in [6.45, 7) is 0. The summed E-state index contributed by atoms with van der Waals surface area (Å²) in [7, 11) is 1.61. The number of nitrogens with two attached hydrogens (primary N) is 1. The van der Waals surface area contributed by atoms with Crippen LogP contribution in [0.4, 0.5) is 11.5 Å². The Kier molecular flexibility index (Phi) is 4.18. The highest BCUT2D eigenvalue weighted by atomic mass is 16.5. The highest BCUT2D eigenvalue weighted by molar-refractivity contribution is 6.08. The van der Waals surface area contributed by atoms with Gasteiger partial charge in [-0.2, -0.15) is 9.61 Å². The number of hydrogen-bond donors (Lipinski definition) is 2. The van der Waals surface area contributed by atoms with E-state index in [0.717, 1.165) is 16.9 Å². The summed E-state index contributed by atoms with van der Waals surface area (Å²) in [5.41, 5.74) is 9.35.